The number of alkyl halides is 1. The predicted molar refractivity (Wildman–Crippen MR) is 154 cm³/mol. The number of fused-ring (bicyclic) bond motifs is 1. The number of aliphatic hydroxyl groups excluding tert-OH is 2. The monoisotopic (exact) mass is 606 g/mol. The molecule has 0 bridgehead atoms. The van der Waals surface area contributed by atoms with Crippen LogP contribution in [0.25, 0.3) is 11.0 Å². The van der Waals surface area contributed by atoms with Gasteiger partial charge < -0.3 is 24.8 Å². The number of nitrogens with zero attached hydrogens (tertiary/aromatic N) is 3. The summed E-state index contributed by atoms with van der Waals surface area (Å²) < 4.78 is 8.94. The van der Waals surface area contributed by atoms with Gasteiger partial charge in [-0.3, -0.25) is 0 Å². The summed E-state index contributed by atoms with van der Waals surface area (Å²) in [4.78, 5) is 8.77. The molecule has 37 heavy (non-hydrogen) atoms. The summed E-state index contributed by atoms with van der Waals surface area (Å²) in [5, 5.41) is 23.6. The zero-order valence-electron chi connectivity index (χ0n) is 20.1. The van der Waals surface area contributed by atoms with E-state index in [9.17, 15) is 10.2 Å². The van der Waals surface area contributed by atoms with Crippen LogP contribution in [-0.2, 0) is 17.4 Å². The average Bonchev–Trinajstić information content (AvgIpc) is 3.34. The normalized spacial score (nSPS) is 12.0. The topological polar surface area (TPSA) is 92.4 Å². The molecule has 3 aromatic carbocycles. The predicted octanol–water partition coefficient (Wildman–Crippen LogP) is 6.17. The fourth-order valence-corrected chi connectivity index (χ4v) is 4.88. The molecule has 0 aliphatic carbocycles. The molecule has 0 spiro atoms. The number of hydrogen-bond acceptors (Lipinski definition) is 6. The first-order valence-electron chi connectivity index (χ1n) is 12.0. The summed E-state index contributed by atoms with van der Waals surface area (Å²) >= 11 is 2.32. The molecule has 8 heteroatoms. The number of anilines is 2. The second kappa shape index (κ2) is 11.7. The molecule has 0 aliphatic rings. The van der Waals surface area contributed by atoms with Gasteiger partial charge in [0.1, 0.15) is 23.3 Å². The van der Waals surface area contributed by atoms with E-state index in [1.165, 1.54) is 6.33 Å². The summed E-state index contributed by atoms with van der Waals surface area (Å²) in [6, 6.07) is 25.4. The minimum Gasteiger partial charge on any atom is -0.457 e. The maximum atomic E-state index is 10.8. The number of nitrogens with one attached hydrogen (secondary N) is 1. The third kappa shape index (κ3) is 5.93. The Morgan fingerprint density at radius 3 is 2.65 bits per heavy atom. The summed E-state index contributed by atoms with van der Waals surface area (Å²) in [5.74, 6) is 2.11. The summed E-state index contributed by atoms with van der Waals surface area (Å²) in [6.07, 6.45) is 3.36. The molecule has 0 amide bonds. The lowest BCUT2D eigenvalue weighted by Gasteiger charge is -2.15. The Labute approximate surface area is 228 Å². The van der Waals surface area contributed by atoms with E-state index in [0.717, 1.165) is 43.6 Å². The van der Waals surface area contributed by atoms with Crippen molar-refractivity contribution in [3.63, 3.8) is 0 Å². The summed E-state index contributed by atoms with van der Waals surface area (Å²) in [7, 11) is 0. The molecule has 2 aromatic heterocycles. The molecule has 5 aromatic rings. The van der Waals surface area contributed by atoms with Crippen LogP contribution < -0.4 is 10.1 Å². The van der Waals surface area contributed by atoms with E-state index in [1.807, 2.05) is 89.6 Å². The van der Waals surface area contributed by atoms with E-state index >= 15 is 0 Å². The van der Waals surface area contributed by atoms with Crippen LogP contribution in [0.2, 0.25) is 0 Å². The Kier molecular flexibility index (Phi) is 7.98. The van der Waals surface area contributed by atoms with Crippen molar-refractivity contribution in [3.8, 4) is 11.5 Å². The van der Waals surface area contributed by atoms with Crippen molar-refractivity contribution in [2.24, 2.45) is 0 Å². The number of aliphatic hydroxyl groups is 2. The lowest BCUT2D eigenvalue weighted by molar-refractivity contribution is 0.178. The van der Waals surface area contributed by atoms with E-state index in [0.29, 0.717) is 24.5 Å². The highest BCUT2D eigenvalue weighted by molar-refractivity contribution is 14.1. The maximum Gasteiger partial charge on any atom is 0.158 e. The first-order valence-corrected chi connectivity index (χ1v) is 13.5. The fraction of sp³-hybridized carbons (Fsp3) is 0.172. The third-order valence-electron chi connectivity index (χ3n) is 6.10. The Balaban J connectivity index is 1.35. The first-order chi connectivity index (χ1) is 18.1. The highest BCUT2D eigenvalue weighted by atomic mass is 127. The van der Waals surface area contributed by atoms with E-state index < -0.39 is 6.10 Å². The first kappa shape index (κ1) is 25.2. The number of benzene rings is 3. The Morgan fingerprint density at radius 1 is 0.973 bits per heavy atom. The van der Waals surface area contributed by atoms with Gasteiger partial charge in [-0.1, -0.05) is 65.1 Å². The molecule has 0 fully saturated rings. The molecular weight excluding hydrogens is 579 g/mol. The average molecular weight is 606 g/mol. The van der Waals surface area contributed by atoms with Crippen molar-refractivity contribution >= 4 is 45.1 Å². The van der Waals surface area contributed by atoms with Gasteiger partial charge in [-0.25, -0.2) is 9.97 Å². The van der Waals surface area contributed by atoms with Crippen LogP contribution >= 0.6 is 22.6 Å². The minimum absolute atomic E-state index is 0.0353. The molecule has 1 atom stereocenters. The molecule has 5 rings (SSSR count). The van der Waals surface area contributed by atoms with Gasteiger partial charge in [0.05, 0.1) is 18.2 Å². The fourth-order valence-electron chi connectivity index (χ4n) is 4.28. The third-order valence-corrected chi connectivity index (χ3v) is 6.92. The summed E-state index contributed by atoms with van der Waals surface area (Å²) in [5.41, 5.74) is 5.46. The van der Waals surface area contributed by atoms with Gasteiger partial charge >= 0.3 is 0 Å². The van der Waals surface area contributed by atoms with E-state index in [-0.39, 0.29) is 6.61 Å². The maximum absolute atomic E-state index is 10.8. The molecule has 0 saturated heterocycles. The molecule has 188 valence electrons. The van der Waals surface area contributed by atoms with E-state index in [4.69, 9.17) is 4.74 Å². The minimum atomic E-state index is -0.615. The van der Waals surface area contributed by atoms with Crippen molar-refractivity contribution in [2.75, 3.05) is 11.9 Å². The largest absolute Gasteiger partial charge is 0.457 e. The molecule has 7 nitrogen and oxygen atoms in total. The molecular formula is C29H27IN4O3. The second-order valence-electron chi connectivity index (χ2n) is 8.65. The molecule has 1 unspecified atom stereocenters. The zero-order chi connectivity index (χ0) is 25.6. The molecule has 0 saturated carbocycles. The van der Waals surface area contributed by atoms with Crippen LogP contribution in [0.5, 0.6) is 11.5 Å². The quantitative estimate of drug-likeness (QED) is 0.130. The van der Waals surface area contributed by atoms with E-state index in [2.05, 4.69) is 37.9 Å². The molecule has 3 N–H and O–H groups in total. The van der Waals surface area contributed by atoms with Gasteiger partial charge in [-0.05, 0) is 47.5 Å². The van der Waals surface area contributed by atoms with Crippen LogP contribution in [0.1, 0.15) is 22.8 Å². The Hall–Kier alpha value is -3.47. The second-order valence-corrected chi connectivity index (χ2v) is 9.41. The Bertz CT molecular complexity index is 1490. The SMILES string of the molecule is OCCn1ccc2ncnc(Nc3ccc(Oc4cccc(C(O)Cc5ccccc5)c4)c(CI)c3)c21. The number of hydrogen-bond donors (Lipinski definition) is 3. The number of aromatic nitrogens is 3. The standard InChI is InChI=1S/C29H27IN4O3/c30-18-22-16-23(33-29-28-25(31-19-32-29)11-12-34(28)13-14-35)9-10-27(22)37-24-8-4-7-21(17-24)26(36)15-20-5-2-1-3-6-20/h1-12,16-17,19,26,35-36H,13-15,18H2,(H,31,32,33). The van der Waals surface area contributed by atoms with Gasteiger partial charge in [-0.15, -0.1) is 0 Å². The highest BCUT2D eigenvalue weighted by Gasteiger charge is 2.13. The lowest BCUT2D eigenvalue weighted by atomic mass is 10.0. The van der Waals surface area contributed by atoms with Crippen LogP contribution in [0, 0.1) is 0 Å². The van der Waals surface area contributed by atoms with Gasteiger partial charge in [0.2, 0.25) is 0 Å². The number of halogens is 1. The van der Waals surface area contributed by atoms with Crippen molar-refractivity contribution < 1.29 is 14.9 Å². The van der Waals surface area contributed by atoms with Gasteiger partial charge in [0, 0.05) is 34.8 Å². The van der Waals surface area contributed by atoms with Crippen molar-refractivity contribution in [2.45, 2.75) is 23.5 Å². The number of ether oxygens (including phenoxy) is 1. The van der Waals surface area contributed by atoms with Gasteiger partial charge in [0.25, 0.3) is 0 Å². The smallest absolute Gasteiger partial charge is 0.158 e. The zero-order valence-corrected chi connectivity index (χ0v) is 22.2. The number of rotatable bonds is 10. The van der Waals surface area contributed by atoms with Gasteiger partial charge in [0.15, 0.2) is 5.82 Å². The van der Waals surface area contributed by atoms with Crippen LogP contribution in [0.4, 0.5) is 11.5 Å². The molecule has 0 radical (unpaired) electrons. The molecule has 2 heterocycles. The van der Waals surface area contributed by atoms with Crippen molar-refractivity contribution in [1.29, 1.82) is 0 Å². The highest BCUT2D eigenvalue weighted by Crippen LogP contribution is 2.33. The van der Waals surface area contributed by atoms with Crippen molar-refractivity contribution in [1.82, 2.24) is 14.5 Å². The Morgan fingerprint density at radius 2 is 1.84 bits per heavy atom. The van der Waals surface area contributed by atoms with Crippen LogP contribution in [-0.4, -0.2) is 31.4 Å². The van der Waals surface area contributed by atoms with E-state index in [1.54, 1.807) is 0 Å². The summed E-state index contributed by atoms with van der Waals surface area (Å²) in [6.45, 7) is 0.504. The van der Waals surface area contributed by atoms with Crippen LogP contribution in [0.15, 0.2) is 91.4 Å². The van der Waals surface area contributed by atoms with Crippen LogP contribution in [0.3, 0.4) is 0 Å². The van der Waals surface area contributed by atoms with Gasteiger partial charge in [-0.2, -0.15) is 0 Å². The molecule has 0 aliphatic heterocycles. The van der Waals surface area contributed by atoms with Crippen molar-refractivity contribution in [3.05, 3.63) is 108 Å². The lowest BCUT2D eigenvalue weighted by Crippen LogP contribution is -2.04.